The fourth-order valence-electron chi connectivity index (χ4n) is 2.81. The second-order valence-corrected chi connectivity index (χ2v) is 6.31. The molecule has 0 saturated heterocycles. The van der Waals surface area contributed by atoms with Gasteiger partial charge in [0.2, 0.25) is 0 Å². The van der Waals surface area contributed by atoms with E-state index in [4.69, 9.17) is 5.11 Å². The summed E-state index contributed by atoms with van der Waals surface area (Å²) in [5, 5.41) is 12.8. The SMILES string of the molecule is O=C(O)c1ccc(/C=N/NC(=O)c2ccc(-c3nc4ccccc4[nH]3)cc2)cc1. The fraction of sp³-hybridized carbons (Fsp3) is 0. The largest absolute Gasteiger partial charge is 0.478 e. The molecule has 7 heteroatoms. The Bertz CT molecular complexity index is 1180. The second kappa shape index (κ2) is 7.77. The number of carboxylic acid groups (broad SMARTS) is 1. The topological polar surface area (TPSA) is 107 Å². The molecule has 3 aromatic carbocycles. The number of aromatic carboxylic acids is 1. The number of carbonyl (C=O) groups is 2. The van der Waals surface area contributed by atoms with Crippen LogP contribution < -0.4 is 5.43 Å². The van der Waals surface area contributed by atoms with Gasteiger partial charge in [-0.1, -0.05) is 36.4 Å². The van der Waals surface area contributed by atoms with Crippen LogP contribution in [-0.4, -0.2) is 33.2 Å². The lowest BCUT2D eigenvalue weighted by Gasteiger charge is -2.02. The number of fused-ring (bicyclic) bond motifs is 1. The van der Waals surface area contributed by atoms with Crippen LogP contribution in [0.25, 0.3) is 22.4 Å². The van der Waals surface area contributed by atoms with Crippen LogP contribution >= 0.6 is 0 Å². The van der Waals surface area contributed by atoms with E-state index >= 15 is 0 Å². The van der Waals surface area contributed by atoms with Gasteiger partial charge in [0.25, 0.3) is 5.91 Å². The molecule has 7 nitrogen and oxygen atoms in total. The zero-order valence-corrected chi connectivity index (χ0v) is 15.2. The molecule has 3 N–H and O–H groups in total. The van der Waals surface area contributed by atoms with E-state index in [1.807, 2.05) is 36.4 Å². The molecule has 0 aliphatic heterocycles. The summed E-state index contributed by atoms with van der Waals surface area (Å²) in [5.74, 6) is -0.603. The van der Waals surface area contributed by atoms with Crippen molar-refractivity contribution in [3.05, 3.63) is 89.5 Å². The third-order valence-electron chi connectivity index (χ3n) is 4.35. The number of carboxylic acids is 1. The van der Waals surface area contributed by atoms with Gasteiger partial charge in [0.1, 0.15) is 5.82 Å². The van der Waals surface area contributed by atoms with Crippen molar-refractivity contribution in [2.75, 3.05) is 0 Å². The van der Waals surface area contributed by atoms with Gasteiger partial charge < -0.3 is 10.1 Å². The first-order valence-corrected chi connectivity index (χ1v) is 8.82. The van der Waals surface area contributed by atoms with Crippen LogP contribution in [0.3, 0.4) is 0 Å². The van der Waals surface area contributed by atoms with Gasteiger partial charge in [-0.15, -0.1) is 0 Å². The van der Waals surface area contributed by atoms with E-state index < -0.39 is 5.97 Å². The third kappa shape index (κ3) is 4.03. The van der Waals surface area contributed by atoms with E-state index in [-0.39, 0.29) is 11.5 Å². The summed E-state index contributed by atoms with van der Waals surface area (Å²) in [6.07, 6.45) is 1.45. The van der Waals surface area contributed by atoms with E-state index in [0.717, 1.165) is 22.4 Å². The second-order valence-electron chi connectivity index (χ2n) is 6.31. The number of benzene rings is 3. The first-order chi connectivity index (χ1) is 14.1. The van der Waals surface area contributed by atoms with Gasteiger partial charge in [-0.05, 0) is 42.0 Å². The summed E-state index contributed by atoms with van der Waals surface area (Å²) < 4.78 is 0. The summed E-state index contributed by atoms with van der Waals surface area (Å²) in [4.78, 5) is 30.9. The molecular formula is C22H16N4O3. The number of imidazole rings is 1. The zero-order valence-electron chi connectivity index (χ0n) is 15.2. The van der Waals surface area contributed by atoms with Crippen molar-refractivity contribution in [3.63, 3.8) is 0 Å². The number of hydrazone groups is 1. The predicted octanol–water partition coefficient (Wildman–Crippen LogP) is 3.69. The Hall–Kier alpha value is -4.26. The molecular weight excluding hydrogens is 368 g/mol. The molecule has 0 unspecified atom stereocenters. The smallest absolute Gasteiger partial charge is 0.335 e. The monoisotopic (exact) mass is 384 g/mol. The average Bonchev–Trinajstić information content (AvgIpc) is 3.18. The Morgan fingerprint density at radius 2 is 1.62 bits per heavy atom. The first-order valence-electron chi connectivity index (χ1n) is 8.82. The minimum atomic E-state index is -0.993. The van der Waals surface area contributed by atoms with Gasteiger partial charge in [0.15, 0.2) is 0 Å². The van der Waals surface area contributed by atoms with Crippen LogP contribution in [0.1, 0.15) is 26.3 Å². The quantitative estimate of drug-likeness (QED) is 0.360. The zero-order chi connectivity index (χ0) is 20.2. The van der Waals surface area contributed by atoms with Crippen LogP contribution in [0.5, 0.6) is 0 Å². The highest BCUT2D eigenvalue weighted by Gasteiger charge is 2.08. The number of hydrogen-bond acceptors (Lipinski definition) is 4. The maximum absolute atomic E-state index is 12.2. The highest BCUT2D eigenvalue weighted by atomic mass is 16.4. The molecule has 142 valence electrons. The molecule has 4 aromatic rings. The number of H-pyrrole nitrogens is 1. The summed E-state index contributed by atoms with van der Waals surface area (Å²) in [6, 6.07) is 21.0. The first kappa shape index (κ1) is 18.1. The number of nitrogens with one attached hydrogen (secondary N) is 2. The number of aromatic nitrogens is 2. The van der Waals surface area contributed by atoms with E-state index in [1.165, 1.54) is 18.3 Å². The van der Waals surface area contributed by atoms with Crippen molar-refractivity contribution >= 4 is 29.1 Å². The molecule has 0 spiro atoms. The Labute approximate surface area is 165 Å². The summed E-state index contributed by atoms with van der Waals surface area (Å²) in [6.45, 7) is 0. The maximum atomic E-state index is 12.2. The summed E-state index contributed by atoms with van der Waals surface area (Å²) >= 11 is 0. The van der Waals surface area contributed by atoms with Crippen LogP contribution in [0.2, 0.25) is 0 Å². The molecule has 29 heavy (non-hydrogen) atoms. The highest BCUT2D eigenvalue weighted by Crippen LogP contribution is 2.20. The van der Waals surface area contributed by atoms with Crippen LogP contribution in [-0.2, 0) is 0 Å². The Balaban J connectivity index is 1.42. The fourth-order valence-corrected chi connectivity index (χ4v) is 2.81. The predicted molar refractivity (Wildman–Crippen MR) is 110 cm³/mol. The van der Waals surface area contributed by atoms with Crippen LogP contribution in [0.15, 0.2) is 77.9 Å². The molecule has 1 amide bonds. The lowest BCUT2D eigenvalue weighted by Crippen LogP contribution is -2.17. The van der Waals surface area contributed by atoms with Crippen molar-refractivity contribution < 1.29 is 14.7 Å². The standard InChI is InChI=1S/C22H16N4O3/c27-21(26-23-13-14-5-7-17(8-6-14)22(28)29)16-11-9-15(10-12-16)20-24-18-3-1-2-4-19(18)25-20/h1-13H,(H,24,25)(H,26,27)(H,28,29)/b23-13+. The van der Waals surface area contributed by atoms with Crippen molar-refractivity contribution in [2.24, 2.45) is 5.10 Å². The van der Waals surface area contributed by atoms with Crippen LogP contribution in [0, 0.1) is 0 Å². The van der Waals surface area contributed by atoms with Gasteiger partial charge in [0.05, 0.1) is 22.8 Å². The highest BCUT2D eigenvalue weighted by molar-refractivity contribution is 5.95. The van der Waals surface area contributed by atoms with E-state index in [1.54, 1.807) is 24.3 Å². The van der Waals surface area contributed by atoms with Crippen molar-refractivity contribution in [1.29, 1.82) is 0 Å². The number of carbonyl (C=O) groups excluding carboxylic acids is 1. The van der Waals surface area contributed by atoms with Crippen LogP contribution in [0.4, 0.5) is 0 Å². The van der Waals surface area contributed by atoms with Gasteiger partial charge in [-0.2, -0.15) is 5.10 Å². The number of rotatable bonds is 5. The van der Waals surface area contributed by atoms with E-state index in [2.05, 4.69) is 20.5 Å². The average molecular weight is 384 g/mol. The Morgan fingerprint density at radius 3 is 2.31 bits per heavy atom. The number of nitrogens with zero attached hydrogens (tertiary/aromatic N) is 2. The summed E-state index contributed by atoms with van der Waals surface area (Å²) in [5.41, 5.74) is 6.50. The van der Waals surface area contributed by atoms with Gasteiger partial charge in [0, 0.05) is 11.1 Å². The van der Waals surface area contributed by atoms with Gasteiger partial charge >= 0.3 is 5.97 Å². The molecule has 0 saturated carbocycles. The van der Waals surface area contributed by atoms with Gasteiger partial charge in [-0.25, -0.2) is 15.2 Å². The lowest BCUT2D eigenvalue weighted by atomic mass is 10.1. The van der Waals surface area contributed by atoms with Crippen molar-refractivity contribution in [1.82, 2.24) is 15.4 Å². The van der Waals surface area contributed by atoms with E-state index in [9.17, 15) is 9.59 Å². The number of amides is 1. The maximum Gasteiger partial charge on any atom is 0.335 e. The molecule has 0 aliphatic carbocycles. The molecule has 0 aliphatic rings. The minimum absolute atomic E-state index is 0.190. The van der Waals surface area contributed by atoms with Gasteiger partial charge in [-0.3, -0.25) is 4.79 Å². The Kier molecular flexibility index (Phi) is 4.86. The minimum Gasteiger partial charge on any atom is -0.478 e. The third-order valence-corrected chi connectivity index (χ3v) is 4.35. The molecule has 4 rings (SSSR count). The van der Waals surface area contributed by atoms with Crippen molar-refractivity contribution in [2.45, 2.75) is 0 Å². The van der Waals surface area contributed by atoms with E-state index in [0.29, 0.717) is 11.1 Å². The molecule has 0 bridgehead atoms. The lowest BCUT2D eigenvalue weighted by molar-refractivity contribution is 0.0696. The summed E-state index contributed by atoms with van der Waals surface area (Å²) in [7, 11) is 0. The number of hydrogen-bond donors (Lipinski definition) is 3. The Morgan fingerprint density at radius 1 is 0.931 bits per heavy atom. The normalized spacial score (nSPS) is 11.0. The number of para-hydroxylation sites is 2. The molecule has 1 heterocycles. The number of aromatic amines is 1. The molecule has 0 fully saturated rings. The molecule has 0 radical (unpaired) electrons. The van der Waals surface area contributed by atoms with Crippen molar-refractivity contribution in [3.8, 4) is 11.4 Å². The molecule has 1 aromatic heterocycles. The molecule has 0 atom stereocenters.